The van der Waals surface area contributed by atoms with Gasteiger partial charge in [0.15, 0.2) is 5.78 Å². The molecule has 0 aliphatic heterocycles. The van der Waals surface area contributed by atoms with E-state index in [1.54, 1.807) is 24.3 Å². The van der Waals surface area contributed by atoms with E-state index in [0.29, 0.717) is 11.0 Å². The predicted octanol–water partition coefficient (Wildman–Crippen LogP) is 2.06. The highest BCUT2D eigenvalue weighted by Crippen LogP contribution is 2.22. The Kier molecular flexibility index (Phi) is 3.46. The number of hydrogen-bond acceptors (Lipinski definition) is 4. The second-order valence-electron chi connectivity index (χ2n) is 5.91. The number of para-hydroxylation sites is 2. The number of fused-ring (bicyclic) bond motifs is 1. The monoisotopic (exact) mass is 294 g/mol. The van der Waals surface area contributed by atoms with E-state index in [-0.39, 0.29) is 17.5 Å². The van der Waals surface area contributed by atoms with Gasteiger partial charge in [-0.25, -0.2) is 13.4 Å². The zero-order chi connectivity index (χ0) is 15.1. The average molecular weight is 294 g/mol. The van der Waals surface area contributed by atoms with Gasteiger partial charge < -0.3 is 4.57 Å². The van der Waals surface area contributed by atoms with E-state index in [4.69, 9.17) is 0 Å². The average Bonchev–Trinajstić information content (AvgIpc) is 2.67. The molecule has 0 fully saturated rings. The number of Topliss-reactive ketones (excluding diaryl/α,β-unsaturated/α-hetero) is 1. The fraction of sp³-hybridized carbons (Fsp3) is 0.429. The molecule has 2 rings (SSSR count). The van der Waals surface area contributed by atoms with Gasteiger partial charge in [-0.05, 0) is 12.1 Å². The summed E-state index contributed by atoms with van der Waals surface area (Å²) in [4.78, 5) is 16.4. The molecule has 2 aromatic rings. The van der Waals surface area contributed by atoms with Crippen LogP contribution in [0.4, 0.5) is 0 Å². The summed E-state index contributed by atoms with van der Waals surface area (Å²) < 4.78 is 25.2. The normalized spacial score (nSPS) is 12.8. The van der Waals surface area contributed by atoms with Crippen LogP contribution in [0.15, 0.2) is 29.4 Å². The van der Waals surface area contributed by atoms with Gasteiger partial charge in [-0.1, -0.05) is 32.9 Å². The SMILES string of the molecule is CC(C)(C)C(=O)Cn1c(S(C)(=O)=O)nc2ccccc21. The quantitative estimate of drug-likeness (QED) is 0.869. The van der Waals surface area contributed by atoms with Crippen LogP contribution in [0.2, 0.25) is 0 Å². The lowest BCUT2D eigenvalue weighted by atomic mass is 9.91. The van der Waals surface area contributed by atoms with Crippen molar-refractivity contribution in [1.29, 1.82) is 0 Å². The van der Waals surface area contributed by atoms with Gasteiger partial charge in [-0.3, -0.25) is 4.79 Å². The molecule has 0 atom stereocenters. The minimum atomic E-state index is -3.49. The van der Waals surface area contributed by atoms with Gasteiger partial charge >= 0.3 is 0 Å². The number of imidazole rings is 1. The molecule has 0 saturated heterocycles. The van der Waals surface area contributed by atoms with Crippen LogP contribution in [0.3, 0.4) is 0 Å². The Morgan fingerprint density at radius 3 is 2.40 bits per heavy atom. The maximum atomic E-state index is 12.2. The first-order valence-corrected chi connectivity index (χ1v) is 8.18. The predicted molar refractivity (Wildman–Crippen MR) is 77.3 cm³/mol. The third-order valence-electron chi connectivity index (χ3n) is 3.09. The van der Waals surface area contributed by atoms with Crippen LogP contribution in [-0.2, 0) is 21.2 Å². The first-order valence-electron chi connectivity index (χ1n) is 6.29. The summed E-state index contributed by atoms with van der Waals surface area (Å²) in [5.74, 6) is -0.0365. The summed E-state index contributed by atoms with van der Waals surface area (Å²) in [5.41, 5.74) is 0.709. The highest BCUT2D eigenvalue weighted by Gasteiger charge is 2.26. The number of carbonyl (C=O) groups is 1. The number of sulfone groups is 1. The van der Waals surface area contributed by atoms with Gasteiger partial charge in [0.2, 0.25) is 15.0 Å². The van der Waals surface area contributed by atoms with Crippen LogP contribution >= 0.6 is 0 Å². The minimum absolute atomic E-state index is 0.00637. The molecule has 0 unspecified atom stereocenters. The molecule has 0 amide bonds. The minimum Gasteiger partial charge on any atom is -0.307 e. The highest BCUT2D eigenvalue weighted by atomic mass is 32.2. The van der Waals surface area contributed by atoms with Crippen LogP contribution in [0, 0.1) is 5.41 Å². The lowest BCUT2D eigenvalue weighted by Gasteiger charge is -2.18. The number of carbonyl (C=O) groups excluding carboxylic acids is 1. The molecule has 20 heavy (non-hydrogen) atoms. The number of aromatic nitrogens is 2. The van der Waals surface area contributed by atoms with E-state index in [1.165, 1.54) is 4.57 Å². The molecule has 0 N–H and O–H groups in total. The number of hydrogen-bond donors (Lipinski definition) is 0. The molecule has 0 aliphatic rings. The first kappa shape index (κ1) is 14.7. The molecular weight excluding hydrogens is 276 g/mol. The molecule has 0 radical (unpaired) electrons. The van der Waals surface area contributed by atoms with Crippen LogP contribution in [0.1, 0.15) is 20.8 Å². The standard InChI is InChI=1S/C14H18N2O3S/c1-14(2,3)12(17)9-16-11-8-6-5-7-10(11)15-13(16)20(4,18)19/h5-8H,9H2,1-4H3. The number of nitrogens with zero attached hydrogens (tertiary/aromatic N) is 2. The van der Waals surface area contributed by atoms with E-state index in [1.807, 2.05) is 20.8 Å². The smallest absolute Gasteiger partial charge is 0.228 e. The Morgan fingerprint density at radius 2 is 1.85 bits per heavy atom. The number of benzene rings is 1. The second-order valence-corrected chi connectivity index (χ2v) is 7.82. The van der Waals surface area contributed by atoms with Crippen molar-refractivity contribution < 1.29 is 13.2 Å². The summed E-state index contributed by atoms with van der Waals surface area (Å²) >= 11 is 0. The maximum Gasteiger partial charge on any atom is 0.228 e. The lowest BCUT2D eigenvalue weighted by molar-refractivity contribution is -0.126. The second kappa shape index (κ2) is 4.70. The van der Waals surface area contributed by atoms with Crippen molar-refractivity contribution in [3.63, 3.8) is 0 Å². The molecule has 1 aromatic carbocycles. The van der Waals surface area contributed by atoms with Crippen molar-refractivity contribution in [2.75, 3.05) is 6.26 Å². The fourth-order valence-corrected chi connectivity index (χ4v) is 2.70. The van der Waals surface area contributed by atoms with Crippen molar-refractivity contribution in [3.8, 4) is 0 Å². The Bertz CT molecular complexity index is 767. The third-order valence-corrected chi connectivity index (χ3v) is 4.06. The largest absolute Gasteiger partial charge is 0.307 e. The highest BCUT2D eigenvalue weighted by molar-refractivity contribution is 7.90. The van der Waals surface area contributed by atoms with Crippen LogP contribution < -0.4 is 0 Å². The van der Waals surface area contributed by atoms with Crippen molar-refractivity contribution in [1.82, 2.24) is 9.55 Å². The van der Waals surface area contributed by atoms with Gasteiger partial charge in [0.05, 0.1) is 17.6 Å². The molecular formula is C14H18N2O3S. The van der Waals surface area contributed by atoms with Gasteiger partial charge in [0.25, 0.3) is 0 Å². The first-order chi connectivity index (χ1) is 9.10. The Balaban J connectivity index is 2.64. The molecule has 0 spiro atoms. The summed E-state index contributed by atoms with van der Waals surface area (Å²) in [6.07, 6.45) is 1.10. The fourth-order valence-electron chi connectivity index (χ4n) is 1.87. The van der Waals surface area contributed by atoms with Gasteiger partial charge in [-0.2, -0.15) is 0 Å². The summed E-state index contributed by atoms with van der Waals surface area (Å²) in [6, 6.07) is 7.10. The van der Waals surface area contributed by atoms with Gasteiger partial charge in [0.1, 0.15) is 0 Å². The Labute approximate surface area is 118 Å². The Morgan fingerprint density at radius 1 is 1.25 bits per heavy atom. The van der Waals surface area contributed by atoms with Gasteiger partial charge in [0, 0.05) is 11.7 Å². The van der Waals surface area contributed by atoms with Crippen molar-refractivity contribution in [2.24, 2.45) is 5.41 Å². The van der Waals surface area contributed by atoms with E-state index >= 15 is 0 Å². The molecule has 6 heteroatoms. The van der Waals surface area contributed by atoms with E-state index in [0.717, 1.165) is 6.26 Å². The molecule has 1 aromatic heterocycles. The maximum absolute atomic E-state index is 12.2. The van der Waals surface area contributed by atoms with E-state index < -0.39 is 15.3 Å². The van der Waals surface area contributed by atoms with Gasteiger partial charge in [-0.15, -0.1) is 0 Å². The zero-order valence-electron chi connectivity index (χ0n) is 12.0. The van der Waals surface area contributed by atoms with Crippen molar-refractivity contribution >= 4 is 26.7 Å². The summed E-state index contributed by atoms with van der Waals surface area (Å²) in [5, 5.41) is -0.0590. The van der Waals surface area contributed by atoms with Crippen LogP contribution in [0.25, 0.3) is 11.0 Å². The number of rotatable bonds is 3. The summed E-state index contributed by atoms with van der Waals surface area (Å²) in [7, 11) is -3.49. The summed E-state index contributed by atoms with van der Waals surface area (Å²) in [6.45, 7) is 5.45. The van der Waals surface area contributed by atoms with Crippen LogP contribution in [0.5, 0.6) is 0 Å². The van der Waals surface area contributed by atoms with Crippen molar-refractivity contribution in [2.45, 2.75) is 32.5 Å². The zero-order valence-corrected chi connectivity index (χ0v) is 12.9. The molecule has 108 valence electrons. The molecule has 0 saturated carbocycles. The number of ketones is 1. The van der Waals surface area contributed by atoms with Crippen molar-refractivity contribution in [3.05, 3.63) is 24.3 Å². The molecule has 0 aliphatic carbocycles. The van der Waals surface area contributed by atoms with E-state index in [9.17, 15) is 13.2 Å². The van der Waals surface area contributed by atoms with Crippen LogP contribution in [-0.4, -0.2) is 30.0 Å². The van der Waals surface area contributed by atoms with E-state index in [2.05, 4.69) is 4.98 Å². The molecule has 1 heterocycles. The lowest BCUT2D eigenvalue weighted by Crippen LogP contribution is -2.26. The molecule has 5 nitrogen and oxygen atoms in total. The topological polar surface area (TPSA) is 69.0 Å². The third kappa shape index (κ3) is 2.75. The molecule has 0 bridgehead atoms. The Hall–Kier alpha value is -1.69.